The Hall–Kier alpha value is -5.41. The van der Waals surface area contributed by atoms with Crippen LogP contribution in [0.2, 0.25) is 0 Å². The first-order valence-corrected chi connectivity index (χ1v) is 19.8. The minimum Gasteiger partial charge on any atom is -0.507 e. The van der Waals surface area contributed by atoms with Crippen molar-refractivity contribution in [2.45, 2.75) is 83.5 Å². The molecule has 0 saturated heterocycles. The minimum absolute atomic E-state index is 0.0168. The van der Waals surface area contributed by atoms with Crippen LogP contribution in [-0.2, 0) is 48.1 Å². The Kier molecular flexibility index (Phi) is 17.2. The summed E-state index contributed by atoms with van der Waals surface area (Å²) in [5.41, 5.74) is 1.18. The molecule has 2 aromatic heterocycles. The molecule has 332 valence electrons. The van der Waals surface area contributed by atoms with Gasteiger partial charge in [0.2, 0.25) is 11.2 Å². The number of methoxy groups -OCH3 is 1. The van der Waals surface area contributed by atoms with E-state index in [0.717, 1.165) is 11.6 Å². The number of phenolic OH excluding ortho intramolecular Hbond substituents is 2. The number of allylic oxidation sites excluding steroid dienone is 2. The van der Waals surface area contributed by atoms with Gasteiger partial charge in [0.05, 0.1) is 84.5 Å². The zero-order chi connectivity index (χ0) is 44.1. The third kappa shape index (κ3) is 12.6. The van der Waals surface area contributed by atoms with E-state index in [2.05, 4.69) is 10.3 Å². The van der Waals surface area contributed by atoms with Crippen molar-refractivity contribution in [1.82, 2.24) is 15.0 Å². The Morgan fingerprint density at radius 3 is 2.41 bits per heavy atom. The van der Waals surface area contributed by atoms with Crippen LogP contribution < -0.4 is 14.9 Å². The van der Waals surface area contributed by atoms with Crippen molar-refractivity contribution < 1.29 is 73.1 Å². The molecule has 1 fully saturated rings. The lowest BCUT2D eigenvalue weighted by Crippen LogP contribution is -2.55. The largest absolute Gasteiger partial charge is 0.507 e. The van der Waals surface area contributed by atoms with Crippen molar-refractivity contribution in [2.24, 2.45) is 5.92 Å². The van der Waals surface area contributed by atoms with Crippen LogP contribution in [0.5, 0.6) is 23.0 Å². The van der Waals surface area contributed by atoms with Crippen molar-refractivity contribution in [3.63, 3.8) is 0 Å². The molecule has 6 N–H and O–H groups in total. The molecule has 1 aliphatic rings. The van der Waals surface area contributed by atoms with E-state index in [9.17, 15) is 45.0 Å². The van der Waals surface area contributed by atoms with Crippen LogP contribution in [0.15, 0.2) is 57.4 Å². The number of aromatic hydroxyl groups is 2. The fraction of sp³-hybridized carbons (Fsp3) is 0.500. The maximum absolute atomic E-state index is 13.9. The summed E-state index contributed by atoms with van der Waals surface area (Å²) >= 11 is 0. The number of ether oxygens (including phenoxy) is 6. The Morgan fingerprint density at radius 2 is 1.69 bits per heavy atom. The van der Waals surface area contributed by atoms with Crippen molar-refractivity contribution in [2.75, 3.05) is 46.8 Å². The first kappa shape index (κ1) is 46.7. The lowest BCUT2D eigenvalue weighted by molar-refractivity contribution is -0.180. The standard InChI is InChI=1S/C42H53N3O16/c1-24(2)5-10-29-30(47)20-31(48)35-38(53)42(40(61-41(29)35)25-6-8-28(55-3)9-7-25)60-34(50)12-11-33(49)59-15-4-14-57-23-27-21-45(44-43-27)13-16-56-17-18-58-32-19-26(22-46)36(51)39(54)37(32)52/h5-9,20-21,26,32,36-37,39,46-48,51-52,54H,4,10-19,22-23H2,1-3H3/t26-,32-,36-,37+,39+/m0/s1. The molecule has 0 unspecified atom stereocenters. The molecule has 2 heterocycles. The van der Waals surface area contributed by atoms with Gasteiger partial charge in [0.1, 0.15) is 46.1 Å². The zero-order valence-electron chi connectivity index (χ0n) is 34.2. The number of carbonyl (C=O) groups is 2. The summed E-state index contributed by atoms with van der Waals surface area (Å²) in [6, 6.07) is 7.44. The first-order valence-electron chi connectivity index (χ1n) is 19.8. The number of rotatable bonds is 22. The summed E-state index contributed by atoms with van der Waals surface area (Å²) < 4.78 is 40.4. The molecule has 1 saturated carbocycles. The average Bonchev–Trinajstić information content (AvgIpc) is 3.70. The molecule has 5 rings (SSSR count). The molecule has 4 aromatic rings. The molecule has 1 aliphatic carbocycles. The van der Waals surface area contributed by atoms with Crippen LogP contribution in [0.1, 0.15) is 50.8 Å². The first-order chi connectivity index (χ1) is 29.3. The van der Waals surface area contributed by atoms with E-state index in [-0.39, 0.29) is 86.9 Å². The maximum atomic E-state index is 13.9. The number of phenols is 2. The third-order valence-corrected chi connectivity index (χ3v) is 9.89. The van der Waals surface area contributed by atoms with Gasteiger partial charge in [0.25, 0.3) is 0 Å². The average molecular weight is 856 g/mol. The highest BCUT2D eigenvalue weighted by atomic mass is 16.6. The van der Waals surface area contributed by atoms with Gasteiger partial charge in [-0.2, -0.15) is 0 Å². The smallest absolute Gasteiger partial charge is 0.312 e. The number of esters is 2. The van der Waals surface area contributed by atoms with Gasteiger partial charge in [0, 0.05) is 36.1 Å². The summed E-state index contributed by atoms with van der Waals surface area (Å²) in [6.45, 7) is 4.85. The van der Waals surface area contributed by atoms with Crippen LogP contribution in [0.3, 0.4) is 0 Å². The van der Waals surface area contributed by atoms with Crippen LogP contribution in [0, 0.1) is 5.92 Å². The lowest BCUT2D eigenvalue weighted by atomic mass is 9.81. The number of aliphatic hydroxyl groups excluding tert-OH is 4. The van der Waals surface area contributed by atoms with Gasteiger partial charge < -0.3 is 63.5 Å². The molecule has 0 bridgehead atoms. The number of carbonyl (C=O) groups excluding carboxylic acids is 2. The quantitative estimate of drug-likeness (QED) is 0.0376. The normalized spacial score (nSPS) is 18.8. The van der Waals surface area contributed by atoms with Crippen molar-refractivity contribution in [3.8, 4) is 34.3 Å². The van der Waals surface area contributed by atoms with Gasteiger partial charge in [-0.1, -0.05) is 16.9 Å². The molecule has 19 heteroatoms. The summed E-state index contributed by atoms with van der Waals surface area (Å²) in [7, 11) is 1.49. The summed E-state index contributed by atoms with van der Waals surface area (Å²) in [5, 5.41) is 68.6. The molecule has 0 amide bonds. The Balaban J connectivity index is 1.03. The fourth-order valence-electron chi connectivity index (χ4n) is 6.52. The van der Waals surface area contributed by atoms with Crippen LogP contribution in [-0.4, -0.2) is 129 Å². The number of nitrogens with zero attached hydrogens (tertiary/aromatic N) is 3. The molecule has 0 spiro atoms. The van der Waals surface area contributed by atoms with E-state index < -0.39 is 65.6 Å². The van der Waals surface area contributed by atoms with E-state index in [1.54, 1.807) is 35.1 Å². The number of fused-ring (bicyclic) bond motifs is 1. The molecular weight excluding hydrogens is 802 g/mol. The van der Waals surface area contributed by atoms with Gasteiger partial charge in [0.15, 0.2) is 5.76 Å². The topological polar surface area (TPSA) is 272 Å². The van der Waals surface area contributed by atoms with E-state index in [0.29, 0.717) is 36.6 Å². The Bertz CT molecular complexity index is 2160. The molecule has 5 atom stereocenters. The number of hydrogen-bond donors (Lipinski definition) is 6. The van der Waals surface area contributed by atoms with E-state index >= 15 is 0 Å². The van der Waals surface area contributed by atoms with E-state index in [4.69, 9.17) is 32.8 Å². The summed E-state index contributed by atoms with van der Waals surface area (Å²) in [4.78, 5) is 39.3. The molecule has 2 aromatic carbocycles. The number of hydrogen-bond acceptors (Lipinski definition) is 18. The van der Waals surface area contributed by atoms with Crippen LogP contribution >= 0.6 is 0 Å². The molecule has 0 radical (unpaired) electrons. The summed E-state index contributed by atoms with van der Waals surface area (Å²) in [5.74, 6) is -3.15. The lowest BCUT2D eigenvalue weighted by Gasteiger charge is -2.39. The van der Waals surface area contributed by atoms with Gasteiger partial charge in [-0.25, -0.2) is 4.68 Å². The predicted molar refractivity (Wildman–Crippen MR) is 215 cm³/mol. The highest BCUT2D eigenvalue weighted by molar-refractivity contribution is 5.92. The molecule has 0 aliphatic heterocycles. The molecule has 19 nitrogen and oxygen atoms in total. The second-order valence-corrected chi connectivity index (χ2v) is 14.6. The van der Waals surface area contributed by atoms with Crippen molar-refractivity contribution >= 4 is 22.9 Å². The highest BCUT2D eigenvalue weighted by Crippen LogP contribution is 2.39. The molecular formula is C42H53N3O16. The number of aromatic nitrogens is 3. The second-order valence-electron chi connectivity index (χ2n) is 14.6. The van der Waals surface area contributed by atoms with E-state index in [1.807, 2.05) is 19.9 Å². The van der Waals surface area contributed by atoms with Crippen molar-refractivity contribution in [3.05, 3.63) is 69.7 Å². The number of aliphatic hydroxyl groups is 4. The minimum atomic E-state index is -1.40. The van der Waals surface area contributed by atoms with Gasteiger partial charge in [-0.05, 0) is 51.0 Å². The predicted octanol–water partition coefficient (Wildman–Crippen LogP) is 2.31. The SMILES string of the molecule is COc1ccc(-c2oc3c(CC=C(C)C)c(O)cc(O)c3c(=O)c2OC(=O)CCC(=O)OCCCOCc2cn(CCOCCO[C@H]3C[C@@H](CO)[C@H](O)[C@@H](O)[C@@H]3O)nn2)cc1. The Labute approximate surface area is 350 Å². The van der Waals surface area contributed by atoms with E-state index in [1.165, 1.54) is 7.11 Å². The summed E-state index contributed by atoms with van der Waals surface area (Å²) in [6.07, 6.45) is -1.13. The van der Waals surface area contributed by atoms with Crippen LogP contribution in [0.4, 0.5) is 0 Å². The fourth-order valence-corrected chi connectivity index (χ4v) is 6.52. The number of benzene rings is 2. The monoisotopic (exact) mass is 855 g/mol. The maximum Gasteiger partial charge on any atom is 0.312 e. The highest BCUT2D eigenvalue weighted by Gasteiger charge is 2.42. The van der Waals surface area contributed by atoms with Gasteiger partial charge in [-0.15, -0.1) is 5.10 Å². The zero-order valence-corrected chi connectivity index (χ0v) is 34.2. The second kappa shape index (κ2) is 22.4. The van der Waals surface area contributed by atoms with Gasteiger partial charge >= 0.3 is 11.9 Å². The molecule has 61 heavy (non-hydrogen) atoms. The Morgan fingerprint density at radius 1 is 0.934 bits per heavy atom. The third-order valence-electron chi connectivity index (χ3n) is 9.89. The van der Waals surface area contributed by atoms with Gasteiger partial charge in [-0.3, -0.25) is 14.4 Å². The van der Waals surface area contributed by atoms with Crippen molar-refractivity contribution in [1.29, 1.82) is 0 Å². The van der Waals surface area contributed by atoms with Crippen LogP contribution in [0.25, 0.3) is 22.3 Å².